The van der Waals surface area contributed by atoms with E-state index < -0.39 is 24.0 Å². The number of nitrogens with one attached hydrogen (secondary N) is 2. The molecule has 4 aromatic rings. The zero-order valence-electron chi connectivity index (χ0n) is 22.3. The number of amides is 1. The lowest BCUT2D eigenvalue weighted by Crippen LogP contribution is -2.45. The van der Waals surface area contributed by atoms with Gasteiger partial charge in [0.15, 0.2) is 17.5 Å². The highest BCUT2D eigenvalue weighted by molar-refractivity contribution is 5.99. The van der Waals surface area contributed by atoms with Crippen LogP contribution in [0.4, 0.5) is 5.69 Å². The number of aromatic hydroxyl groups is 1. The molecule has 0 aliphatic heterocycles. The number of esters is 1. The number of anilines is 1. The Morgan fingerprint density at radius 2 is 1.60 bits per heavy atom. The van der Waals surface area contributed by atoms with Crippen molar-refractivity contribution >= 4 is 28.3 Å². The van der Waals surface area contributed by atoms with Crippen molar-refractivity contribution in [3.8, 4) is 23.3 Å². The van der Waals surface area contributed by atoms with E-state index in [-0.39, 0.29) is 12.2 Å². The lowest BCUT2D eigenvalue weighted by Gasteiger charge is -2.24. The number of rotatable bonds is 10. The Hall–Kier alpha value is -5.23. The topological polar surface area (TPSA) is 130 Å². The van der Waals surface area contributed by atoms with Gasteiger partial charge in [0.1, 0.15) is 11.8 Å². The number of methoxy groups -OCH3 is 3. The summed E-state index contributed by atoms with van der Waals surface area (Å²) in [5.41, 5.74) is 2.39. The molecule has 0 aliphatic rings. The third-order valence-corrected chi connectivity index (χ3v) is 6.53. The molecule has 0 saturated carbocycles. The molecule has 3 N–H and O–H groups in total. The second kappa shape index (κ2) is 12.5. The first-order valence-electron chi connectivity index (χ1n) is 12.4. The zero-order chi connectivity index (χ0) is 28.6. The van der Waals surface area contributed by atoms with Crippen molar-refractivity contribution in [1.29, 1.82) is 5.26 Å². The van der Waals surface area contributed by atoms with Crippen LogP contribution in [-0.4, -0.2) is 44.4 Å². The second-order valence-electron chi connectivity index (χ2n) is 8.96. The van der Waals surface area contributed by atoms with E-state index in [2.05, 4.69) is 16.7 Å². The summed E-state index contributed by atoms with van der Waals surface area (Å²) >= 11 is 0. The molecule has 0 bridgehead atoms. The molecule has 0 spiro atoms. The summed E-state index contributed by atoms with van der Waals surface area (Å²) in [6.45, 7) is 0. The van der Waals surface area contributed by atoms with E-state index in [0.717, 1.165) is 16.3 Å². The van der Waals surface area contributed by atoms with Gasteiger partial charge in [-0.15, -0.1) is 0 Å². The second-order valence-corrected chi connectivity index (χ2v) is 8.96. The van der Waals surface area contributed by atoms with Gasteiger partial charge in [0.25, 0.3) is 0 Å². The quantitative estimate of drug-likeness (QED) is 0.252. The first-order valence-corrected chi connectivity index (χ1v) is 12.4. The van der Waals surface area contributed by atoms with Crippen LogP contribution in [0.2, 0.25) is 0 Å². The third kappa shape index (κ3) is 6.08. The highest BCUT2D eigenvalue weighted by Crippen LogP contribution is 2.30. The maximum atomic E-state index is 13.8. The maximum Gasteiger partial charge on any atom is 0.333 e. The summed E-state index contributed by atoms with van der Waals surface area (Å²) in [5, 5.41) is 26.9. The molecule has 0 saturated heterocycles. The predicted octanol–water partition coefficient (Wildman–Crippen LogP) is 4.49. The molecule has 1 amide bonds. The normalized spacial score (nSPS) is 12.1. The summed E-state index contributed by atoms with van der Waals surface area (Å²) in [6, 6.07) is 22.5. The minimum Gasteiger partial charge on any atom is -0.508 e. The first kappa shape index (κ1) is 27.8. The van der Waals surface area contributed by atoms with Crippen LogP contribution in [0.5, 0.6) is 17.2 Å². The first-order chi connectivity index (χ1) is 19.4. The molecular weight excluding hydrogens is 510 g/mol. The number of phenolic OH excluding ortho intramolecular Hbond substituents is 1. The molecule has 0 radical (unpaired) electrons. The lowest BCUT2D eigenvalue weighted by atomic mass is 10.00. The van der Waals surface area contributed by atoms with Gasteiger partial charge >= 0.3 is 5.97 Å². The highest BCUT2D eigenvalue weighted by atomic mass is 16.5. The molecular formula is C31H29N3O6. The van der Waals surface area contributed by atoms with Gasteiger partial charge in [-0.3, -0.25) is 4.79 Å². The average molecular weight is 540 g/mol. The molecule has 9 nitrogen and oxygen atoms in total. The van der Waals surface area contributed by atoms with Gasteiger partial charge in [-0.05, 0) is 47.5 Å². The molecule has 0 unspecified atom stereocenters. The number of fused-ring (bicyclic) bond motifs is 1. The summed E-state index contributed by atoms with van der Waals surface area (Å²) in [6.07, 6.45) is 0.226. The fourth-order valence-electron chi connectivity index (χ4n) is 4.47. The van der Waals surface area contributed by atoms with E-state index in [1.165, 1.54) is 26.4 Å². The van der Waals surface area contributed by atoms with Gasteiger partial charge in [-0.2, -0.15) is 5.26 Å². The van der Waals surface area contributed by atoms with Crippen LogP contribution >= 0.6 is 0 Å². The van der Waals surface area contributed by atoms with Crippen molar-refractivity contribution in [2.45, 2.75) is 18.5 Å². The molecule has 40 heavy (non-hydrogen) atoms. The Morgan fingerprint density at radius 3 is 2.25 bits per heavy atom. The van der Waals surface area contributed by atoms with Crippen LogP contribution in [0.15, 0.2) is 78.9 Å². The molecule has 204 valence electrons. The van der Waals surface area contributed by atoms with Crippen molar-refractivity contribution in [1.82, 2.24) is 5.32 Å². The molecule has 4 rings (SSSR count). The van der Waals surface area contributed by atoms with E-state index in [1.54, 1.807) is 43.5 Å². The van der Waals surface area contributed by atoms with E-state index in [4.69, 9.17) is 14.2 Å². The molecule has 9 heteroatoms. The molecule has 0 fully saturated rings. The van der Waals surface area contributed by atoms with E-state index in [9.17, 15) is 20.0 Å². The number of phenols is 1. The number of carbonyl (C=O) groups excluding carboxylic acids is 2. The maximum absolute atomic E-state index is 13.8. The van der Waals surface area contributed by atoms with Crippen LogP contribution in [-0.2, 0) is 20.7 Å². The van der Waals surface area contributed by atoms with Gasteiger partial charge < -0.3 is 30.0 Å². The highest BCUT2D eigenvalue weighted by Gasteiger charge is 2.28. The summed E-state index contributed by atoms with van der Waals surface area (Å²) in [5.74, 6) is -0.0327. The van der Waals surface area contributed by atoms with Crippen molar-refractivity contribution in [3.63, 3.8) is 0 Å². The largest absolute Gasteiger partial charge is 0.508 e. The van der Waals surface area contributed by atoms with E-state index >= 15 is 0 Å². The van der Waals surface area contributed by atoms with E-state index in [1.807, 2.05) is 30.3 Å². The van der Waals surface area contributed by atoms with Crippen LogP contribution in [0.3, 0.4) is 0 Å². The minimum atomic E-state index is -1.11. The van der Waals surface area contributed by atoms with Gasteiger partial charge in [-0.25, -0.2) is 4.79 Å². The Kier molecular flexibility index (Phi) is 8.72. The number of ether oxygens (including phenoxy) is 3. The SMILES string of the molecule is COC(=O)[C@@H](NC(=O)[C@H](Cc1ccc(OC)c(OC)c1)Nc1ccc(C#N)c2ccccc12)c1ccc(O)cc1. The minimum absolute atomic E-state index is 0.0272. The Morgan fingerprint density at radius 1 is 0.900 bits per heavy atom. The smallest absolute Gasteiger partial charge is 0.333 e. The van der Waals surface area contributed by atoms with Crippen LogP contribution in [0.1, 0.15) is 22.7 Å². The van der Waals surface area contributed by atoms with Crippen LogP contribution in [0.25, 0.3) is 10.8 Å². The molecule has 0 aromatic heterocycles. The number of benzene rings is 4. The fraction of sp³-hybridized carbons (Fsp3) is 0.194. The van der Waals surface area contributed by atoms with Gasteiger partial charge in [0.05, 0.1) is 33.0 Å². The van der Waals surface area contributed by atoms with Crippen molar-refractivity contribution in [3.05, 3.63) is 95.6 Å². The van der Waals surface area contributed by atoms with E-state index in [0.29, 0.717) is 28.3 Å². The molecule has 4 aromatic carbocycles. The lowest BCUT2D eigenvalue weighted by molar-refractivity contribution is -0.145. The number of hydrogen-bond acceptors (Lipinski definition) is 8. The predicted molar refractivity (Wildman–Crippen MR) is 150 cm³/mol. The van der Waals surface area contributed by atoms with Crippen molar-refractivity contribution in [2.75, 3.05) is 26.6 Å². The Balaban J connectivity index is 1.72. The number of hydrogen-bond donors (Lipinski definition) is 3. The van der Waals surface area contributed by atoms with Gasteiger partial charge in [-0.1, -0.05) is 42.5 Å². The molecule has 2 atom stereocenters. The summed E-state index contributed by atoms with van der Waals surface area (Å²) < 4.78 is 15.7. The third-order valence-electron chi connectivity index (χ3n) is 6.53. The van der Waals surface area contributed by atoms with Gasteiger partial charge in [0.2, 0.25) is 5.91 Å². The summed E-state index contributed by atoms with van der Waals surface area (Å²) in [4.78, 5) is 26.5. The average Bonchev–Trinajstić information content (AvgIpc) is 2.99. The van der Waals surface area contributed by atoms with Crippen LogP contribution in [0, 0.1) is 11.3 Å². The fourth-order valence-corrected chi connectivity index (χ4v) is 4.47. The molecule has 0 heterocycles. The zero-order valence-corrected chi connectivity index (χ0v) is 22.3. The van der Waals surface area contributed by atoms with Crippen LogP contribution < -0.4 is 20.1 Å². The number of nitrogens with zero attached hydrogens (tertiary/aromatic N) is 1. The summed E-state index contributed by atoms with van der Waals surface area (Å²) in [7, 11) is 4.32. The number of carbonyl (C=O) groups is 2. The van der Waals surface area contributed by atoms with Crippen molar-refractivity contribution < 1.29 is 28.9 Å². The molecule has 0 aliphatic carbocycles. The van der Waals surface area contributed by atoms with Crippen molar-refractivity contribution in [2.24, 2.45) is 0 Å². The Bertz CT molecular complexity index is 1560. The standard InChI is InChI=1S/C31H29N3O6/c1-38-27-15-8-19(17-28(27)39-2)16-26(33-25-14-11-21(18-32)23-6-4-5-7-24(23)25)30(36)34-29(31(37)40-3)20-9-12-22(35)13-10-20/h4-15,17,26,29,33,35H,16H2,1-3H3,(H,34,36)/t26-,29-/m0/s1. The monoisotopic (exact) mass is 539 g/mol. The van der Waals surface area contributed by atoms with Gasteiger partial charge in [0, 0.05) is 22.9 Å². The Labute approximate surface area is 231 Å². The number of nitriles is 1.